The van der Waals surface area contributed by atoms with Gasteiger partial charge in [-0.1, -0.05) is 45.0 Å². The van der Waals surface area contributed by atoms with E-state index in [1.807, 2.05) is 12.4 Å². The molecule has 0 saturated carbocycles. The van der Waals surface area contributed by atoms with Crippen molar-refractivity contribution in [3.05, 3.63) is 53.6 Å². The van der Waals surface area contributed by atoms with Gasteiger partial charge < -0.3 is 10.3 Å². The van der Waals surface area contributed by atoms with Crippen LogP contribution in [0.3, 0.4) is 0 Å². The van der Waals surface area contributed by atoms with Gasteiger partial charge in [0.1, 0.15) is 5.82 Å². The van der Waals surface area contributed by atoms with Crippen molar-refractivity contribution in [3.63, 3.8) is 0 Å². The molecule has 3 heteroatoms. The summed E-state index contributed by atoms with van der Waals surface area (Å²) < 4.78 is 2.18. The predicted molar refractivity (Wildman–Crippen MR) is 88.1 cm³/mol. The third-order valence-electron chi connectivity index (χ3n) is 3.72. The quantitative estimate of drug-likeness (QED) is 0.842. The maximum Gasteiger partial charge on any atom is 0.108 e. The molecular weight excluding hydrogens is 258 g/mol. The summed E-state index contributed by atoms with van der Waals surface area (Å²) >= 11 is 0. The number of benzene rings is 1. The number of rotatable bonds is 7. The molecule has 114 valence electrons. The van der Waals surface area contributed by atoms with E-state index in [-0.39, 0.29) is 6.04 Å². The van der Waals surface area contributed by atoms with E-state index in [0.717, 1.165) is 31.6 Å². The van der Waals surface area contributed by atoms with Crippen molar-refractivity contribution in [2.45, 2.75) is 52.6 Å². The largest absolute Gasteiger partial charge is 0.333 e. The molecule has 0 aliphatic heterocycles. The van der Waals surface area contributed by atoms with Crippen LogP contribution < -0.4 is 5.73 Å². The smallest absolute Gasteiger partial charge is 0.108 e. The SMILES string of the molecule is CCCc1nccn1CC(N)c1ccc(CC(C)C)cc1. The Kier molecular flexibility index (Phi) is 5.57. The van der Waals surface area contributed by atoms with Crippen LogP contribution in [0.1, 0.15) is 50.2 Å². The van der Waals surface area contributed by atoms with Crippen LogP contribution in [0.15, 0.2) is 36.7 Å². The lowest BCUT2D eigenvalue weighted by Crippen LogP contribution is -2.18. The topological polar surface area (TPSA) is 43.8 Å². The van der Waals surface area contributed by atoms with Gasteiger partial charge in [0.15, 0.2) is 0 Å². The molecule has 2 aromatic rings. The molecule has 1 heterocycles. The number of nitrogens with two attached hydrogens (primary N) is 1. The van der Waals surface area contributed by atoms with Crippen molar-refractivity contribution in [2.24, 2.45) is 11.7 Å². The average Bonchev–Trinajstić information content (AvgIpc) is 2.86. The number of hydrogen-bond donors (Lipinski definition) is 1. The summed E-state index contributed by atoms with van der Waals surface area (Å²) in [5.74, 6) is 1.82. The van der Waals surface area contributed by atoms with Gasteiger partial charge >= 0.3 is 0 Å². The summed E-state index contributed by atoms with van der Waals surface area (Å²) in [7, 11) is 0. The third kappa shape index (κ3) is 4.43. The highest BCUT2D eigenvalue weighted by Gasteiger charge is 2.10. The van der Waals surface area contributed by atoms with E-state index in [9.17, 15) is 0 Å². The second-order valence-corrected chi connectivity index (χ2v) is 6.19. The molecule has 0 radical (unpaired) electrons. The molecule has 1 atom stereocenters. The minimum Gasteiger partial charge on any atom is -0.333 e. The van der Waals surface area contributed by atoms with Gasteiger partial charge in [0, 0.05) is 31.4 Å². The molecule has 3 nitrogen and oxygen atoms in total. The molecule has 0 aliphatic carbocycles. The molecule has 0 spiro atoms. The zero-order chi connectivity index (χ0) is 15.2. The van der Waals surface area contributed by atoms with Crippen LogP contribution in [0, 0.1) is 5.92 Å². The summed E-state index contributed by atoms with van der Waals surface area (Å²) in [6, 6.07) is 8.76. The summed E-state index contributed by atoms with van der Waals surface area (Å²) in [5.41, 5.74) is 8.93. The maximum atomic E-state index is 6.35. The highest BCUT2D eigenvalue weighted by atomic mass is 15.1. The highest BCUT2D eigenvalue weighted by Crippen LogP contribution is 2.16. The third-order valence-corrected chi connectivity index (χ3v) is 3.72. The van der Waals surface area contributed by atoms with Crippen LogP contribution in [0.4, 0.5) is 0 Å². The highest BCUT2D eigenvalue weighted by molar-refractivity contribution is 5.25. The number of aromatic nitrogens is 2. The van der Waals surface area contributed by atoms with Gasteiger partial charge in [0.25, 0.3) is 0 Å². The first kappa shape index (κ1) is 15.8. The number of hydrogen-bond acceptors (Lipinski definition) is 2. The standard InChI is InChI=1S/C18H27N3/c1-4-5-18-20-10-11-21(18)13-17(19)16-8-6-15(7-9-16)12-14(2)3/h6-11,14,17H,4-5,12-13,19H2,1-3H3. The maximum absolute atomic E-state index is 6.35. The van der Waals surface area contributed by atoms with Crippen molar-refractivity contribution < 1.29 is 0 Å². The Labute approximate surface area is 128 Å². The Hall–Kier alpha value is -1.61. The molecule has 2 rings (SSSR count). The monoisotopic (exact) mass is 285 g/mol. The molecule has 1 aromatic carbocycles. The predicted octanol–water partition coefficient (Wildman–Crippen LogP) is 3.73. The molecule has 0 saturated heterocycles. The van der Waals surface area contributed by atoms with Crippen molar-refractivity contribution in [1.82, 2.24) is 9.55 Å². The molecule has 0 bridgehead atoms. The minimum atomic E-state index is 0.0166. The van der Waals surface area contributed by atoms with Gasteiger partial charge in [-0.3, -0.25) is 0 Å². The second-order valence-electron chi connectivity index (χ2n) is 6.19. The fraction of sp³-hybridized carbons (Fsp3) is 0.500. The first-order valence-electron chi connectivity index (χ1n) is 7.94. The van der Waals surface area contributed by atoms with E-state index in [1.165, 1.54) is 11.1 Å². The van der Waals surface area contributed by atoms with Crippen LogP contribution in [0.5, 0.6) is 0 Å². The first-order valence-corrected chi connectivity index (χ1v) is 7.94. The summed E-state index contributed by atoms with van der Waals surface area (Å²) in [4.78, 5) is 4.41. The molecule has 1 aromatic heterocycles. The van der Waals surface area contributed by atoms with Crippen molar-refractivity contribution in [3.8, 4) is 0 Å². The van der Waals surface area contributed by atoms with Crippen LogP contribution in [0.2, 0.25) is 0 Å². The lowest BCUT2D eigenvalue weighted by molar-refractivity contribution is 0.552. The zero-order valence-electron chi connectivity index (χ0n) is 13.4. The normalized spacial score (nSPS) is 12.8. The molecule has 0 aliphatic rings. The first-order chi connectivity index (χ1) is 10.1. The van der Waals surface area contributed by atoms with Gasteiger partial charge in [0.05, 0.1) is 0 Å². The van der Waals surface area contributed by atoms with Crippen molar-refractivity contribution >= 4 is 0 Å². The Morgan fingerprint density at radius 3 is 2.52 bits per heavy atom. The van der Waals surface area contributed by atoms with E-state index < -0.39 is 0 Å². The summed E-state index contributed by atoms with van der Waals surface area (Å²) in [5, 5.41) is 0. The van der Waals surface area contributed by atoms with Gasteiger partial charge in [-0.15, -0.1) is 0 Å². The van der Waals surface area contributed by atoms with E-state index >= 15 is 0 Å². The van der Waals surface area contributed by atoms with Crippen molar-refractivity contribution in [1.29, 1.82) is 0 Å². The molecule has 2 N–H and O–H groups in total. The van der Waals surface area contributed by atoms with E-state index in [2.05, 4.69) is 54.6 Å². The lowest BCUT2D eigenvalue weighted by atomic mass is 9.99. The summed E-state index contributed by atoms with van der Waals surface area (Å²) in [6.45, 7) is 7.45. The van der Waals surface area contributed by atoms with Crippen LogP contribution in [0.25, 0.3) is 0 Å². The molecule has 0 amide bonds. The van der Waals surface area contributed by atoms with Crippen LogP contribution >= 0.6 is 0 Å². The Morgan fingerprint density at radius 1 is 1.19 bits per heavy atom. The van der Waals surface area contributed by atoms with Gasteiger partial charge in [-0.05, 0) is 29.9 Å². The lowest BCUT2D eigenvalue weighted by Gasteiger charge is -2.15. The fourth-order valence-corrected chi connectivity index (χ4v) is 2.65. The van der Waals surface area contributed by atoms with E-state index in [4.69, 9.17) is 5.73 Å². The van der Waals surface area contributed by atoms with Gasteiger partial charge in [0.2, 0.25) is 0 Å². The Balaban J connectivity index is 2.02. The van der Waals surface area contributed by atoms with Crippen LogP contribution in [-0.4, -0.2) is 9.55 Å². The fourth-order valence-electron chi connectivity index (χ4n) is 2.65. The molecule has 0 fully saturated rings. The van der Waals surface area contributed by atoms with Gasteiger partial charge in [-0.25, -0.2) is 4.98 Å². The number of nitrogens with zero attached hydrogens (tertiary/aromatic N) is 2. The molecule has 1 unspecified atom stereocenters. The Bertz CT molecular complexity index is 540. The van der Waals surface area contributed by atoms with Crippen LogP contribution in [-0.2, 0) is 19.4 Å². The molecule has 21 heavy (non-hydrogen) atoms. The van der Waals surface area contributed by atoms with Gasteiger partial charge in [-0.2, -0.15) is 0 Å². The number of aryl methyl sites for hydroxylation is 1. The number of imidazole rings is 1. The molecular formula is C18H27N3. The Morgan fingerprint density at radius 2 is 1.90 bits per heavy atom. The minimum absolute atomic E-state index is 0.0166. The second kappa shape index (κ2) is 7.41. The average molecular weight is 285 g/mol. The zero-order valence-corrected chi connectivity index (χ0v) is 13.4. The van der Waals surface area contributed by atoms with E-state index in [1.54, 1.807) is 0 Å². The van der Waals surface area contributed by atoms with E-state index in [0.29, 0.717) is 5.92 Å². The summed E-state index contributed by atoms with van der Waals surface area (Å²) in [6.07, 6.45) is 7.13. The van der Waals surface area contributed by atoms with Crippen molar-refractivity contribution in [2.75, 3.05) is 0 Å².